The molecule has 0 aliphatic heterocycles. The third kappa shape index (κ3) is 3.40. The van der Waals surface area contributed by atoms with Crippen LogP contribution in [0.1, 0.15) is 5.56 Å². The molecule has 22 heavy (non-hydrogen) atoms. The summed E-state index contributed by atoms with van der Waals surface area (Å²) < 4.78 is 2.55. The molecule has 0 bridgehead atoms. The van der Waals surface area contributed by atoms with Crippen LogP contribution in [-0.2, 0) is 13.0 Å². The van der Waals surface area contributed by atoms with Crippen molar-refractivity contribution in [1.82, 2.24) is 14.8 Å². The molecule has 0 spiro atoms. The number of aryl methyl sites for hydroxylation is 1. The van der Waals surface area contributed by atoms with Crippen LogP contribution in [0.3, 0.4) is 0 Å². The summed E-state index contributed by atoms with van der Waals surface area (Å²) in [4.78, 5) is 0. The molecule has 0 unspecified atom stereocenters. The van der Waals surface area contributed by atoms with Crippen LogP contribution < -0.4 is 0 Å². The van der Waals surface area contributed by atoms with Gasteiger partial charge in [0.15, 0.2) is 10.6 Å². The molecule has 6 heteroatoms. The number of rotatable bonds is 4. The van der Waals surface area contributed by atoms with Crippen molar-refractivity contribution in [1.29, 1.82) is 0 Å². The summed E-state index contributed by atoms with van der Waals surface area (Å²) in [5.41, 5.74) is 2.10. The SMILES string of the molecule is S=c1[nH]nc(-c2cc(Cl)cc(Cl)c2)n1CCc1ccccc1. The lowest BCUT2D eigenvalue weighted by atomic mass is 10.1. The highest BCUT2D eigenvalue weighted by molar-refractivity contribution is 7.71. The number of benzene rings is 2. The molecular weight excluding hydrogens is 337 g/mol. The molecule has 3 rings (SSSR count). The summed E-state index contributed by atoms with van der Waals surface area (Å²) in [6, 6.07) is 15.6. The topological polar surface area (TPSA) is 33.6 Å². The zero-order chi connectivity index (χ0) is 15.5. The number of aromatic amines is 1. The van der Waals surface area contributed by atoms with Crippen LogP contribution in [0.15, 0.2) is 48.5 Å². The molecule has 0 amide bonds. The van der Waals surface area contributed by atoms with E-state index in [-0.39, 0.29) is 0 Å². The number of H-pyrrole nitrogens is 1. The van der Waals surface area contributed by atoms with Gasteiger partial charge in [-0.05, 0) is 42.4 Å². The molecule has 0 radical (unpaired) electrons. The summed E-state index contributed by atoms with van der Waals surface area (Å²) in [5, 5.41) is 8.30. The first-order valence-corrected chi connectivity index (χ1v) is 7.95. The van der Waals surface area contributed by atoms with Crippen LogP contribution in [-0.4, -0.2) is 14.8 Å². The Morgan fingerprint density at radius 2 is 1.73 bits per heavy atom. The predicted molar refractivity (Wildman–Crippen MR) is 93.0 cm³/mol. The maximum atomic E-state index is 6.07. The molecular formula is C16H13Cl2N3S. The van der Waals surface area contributed by atoms with Crippen molar-refractivity contribution in [3.05, 3.63) is 68.9 Å². The summed E-state index contributed by atoms with van der Waals surface area (Å²) in [6.45, 7) is 0.735. The number of halogens is 2. The van der Waals surface area contributed by atoms with Crippen LogP contribution in [0.2, 0.25) is 10.0 Å². The van der Waals surface area contributed by atoms with Crippen molar-refractivity contribution in [2.45, 2.75) is 13.0 Å². The second-order valence-corrected chi connectivity index (χ2v) is 6.16. The Balaban J connectivity index is 1.92. The predicted octanol–water partition coefficient (Wildman–Crippen LogP) is 5.16. The molecule has 112 valence electrons. The van der Waals surface area contributed by atoms with Gasteiger partial charge in [-0.15, -0.1) is 0 Å². The Kier molecular flexibility index (Phi) is 4.62. The van der Waals surface area contributed by atoms with E-state index in [4.69, 9.17) is 35.4 Å². The highest BCUT2D eigenvalue weighted by Crippen LogP contribution is 2.26. The summed E-state index contributed by atoms with van der Waals surface area (Å²) >= 11 is 17.5. The maximum absolute atomic E-state index is 6.07. The molecule has 1 heterocycles. The van der Waals surface area contributed by atoms with E-state index in [9.17, 15) is 0 Å². The van der Waals surface area contributed by atoms with Crippen molar-refractivity contribution in [2.75, 3.05) is 0 Å². The summed E-state index contributed by atoms with van der Waals surface area (Å²) in [6.07, 6.45) is 0.871. The lowest BCUT2D eigenvalue weighted by Crippen LogP contribution is -2.04. The van der Waals surface area contributed by atoms with Gasteiger partial charge in [0.2, 0.25) is 0 Å². The zero-order valence-electron chi connectivity index (χ0n) is 11.6. The van der Waals surface area contributed by atoms with E-state index in [0.29, 0.717) is 14.8 Å². The van der Waals surface area contributed by atoms with Crippen LogP contribution in [0.25, 0.3) is 11.4 Å². The Bertz CT molecular complexity index is 820. The first kappa shape index (κ1) is 15.3. The van der Waals surface area contributed by atoms with Gasteiger partial charge in [-0.2, -0.15) is 5.10 Å². The van der Waals surface area contributed by atoms with Crippen molar-refractivity contribution in [2.24, 2.45) is 0 Å². The van der Waals surface area contributed by atoms with E-state index in [1.54, 1.807) is 6.07 Å². The number of nitrogens with one attached hydrogen (secondary N) is 1. The van der Waals surface area contributed by atoms with Crippen molar-refractivity contribution >= 4 is 35.4 Å². The fraction of sp³-hybridized carbons (Fsp3) is 0.125. The number of hydrogen-bond acceptors (Lipinski definition) is 2. The van der Waals surface area contributed by atoms with Gasteiger partial charge in [0.05, 0.1) is 0 Å². The summed E-state index contributed by atoms with van der Waals surface area (Å²) in [5.74, 6) is 0.741. The normalized spacial score (nSPS) is 10.8. The fourth-order valence-corrected chi connectivity index (χ4v) is 3.06. The average Bonchev–Trinajstić information content (AvgIpc) is 2.86. The monoisotopic (exact) mass is 349 g/mol. The van der Waals surface area contributed by atoms with Crippen molar-refractivity contribution in [3.63, 3.8) is 0 Å². The molecule has 3 aromatic rings. The highest BCUT2D eigenvalue weighted by atomic mass is 35.5. The molecule has 0 aliphatic carbocycles. The van der Waals surface area contributed by atoms with Gasteiger partial charge in [-0.1, -0.05) is 53.5 Å². The van der Waals surface area contributed by atoms with Crippen LogP contribution in [0.4, 0.5) is 0 Å². The van der Waals surface area contributed by atoms with Gasteiger partial charge in [0, 0.05) is 22.2 Å². The van der Waals surface area contributed by atoms with Gasteiger partial charge in [-0.25, -0.2) is 0 Å². The van der Waals surface area contributed by atoms with E-state index >= 15 is 0 Å². The quantitative estimate of drug-likeness (QED) is 0.660. The molecule has 1 aromatic heterocycles. The Labute approximate surface area is 143 Å². The highest BCUT2D eigenvalue weighted by Gasteiger charge is 2.10. The van der Waals surface area contributed by atoms with E-state index in [0.717, 1.165) is 24.4 Å². The van der Waals surface area contributed by atoms with Gasteiger partial charge in [-0.3, -0.25) is 9.67 Å². The van der Waals surface area contributed by atoms with Crippen LogP contribution in [0.5, 0.6) is 0 Å². The smallest absolute Gasteiger partial charge is 0.195 e. The number of aromatic nitrogens is 3. The molecule has 1 N–H and O–H groups in total. The molecule has 0 saturated heterocycles. The first-order valence-electron chi connectivity index (χ1n) is 6.79. The van der Waals surface area contributed by atoms with Crippen LogP contribution >= 0.6 is 35.4 Å². The van der Waals surface area contributed by atoms with Crippen molar-refractivity contribution < 1.29 is 0 Å². The average molecular weight is 350 g/mol. The molecule has 0 saturated carbocycles. The van der Waals surface area contributed by atoms with Crippen LogP contribution in [0, 0.1) is 4.77 Å². The third-order valence-corrected chi connectivity index (χ3v) is 4.09. The van der Waals surface area contributed by atoms with E-state index in [1.165, 1.54) is 5.56 Å². The van der Waals surface area contributed by atoms with Gasteiger partial charge < -0.3 is 0 Å². The van der Waals surface area contributed by atoms with Gasteiger partial charge >= 0.3 is 0 Å². The lowest BCUT2D eigenvalue weighted by Gasteiger charge is -2.08. The van der Waals surface area contributed by atoms with Gasteiger partial charge in [0.1, 0.15) is 0 Å². The Morgan fingerprint density at radius 1 is 1.05 bits per heavy atom. The second kappa shape index (κ2) is 6.65. The molecule has 0 fully saturated rings. The first-order chi connectivity index (χ1) is 10.6. The lowest BCUT2D eigenvalue weighted by molar-refractivity contribution is 0.692. The number of nitrogens with zero attached hydrogens (tertiary/aromatic N) is 2. The Morgan fingerprint density at radius 3 is 2.41 bits per heavy atom. The molecule has 3 nitrogen and oxygen atoms in total. The maximum Gasteiger partial charge on any atom is 0.195 e. The number of hydrogen-bond donors (Lipinski definition) is 1. The third-order valence-electron chi connectivity index (χ3n) is 3.35. The molecule has 2 aromatic carbocycles. The molecule has 0 aliphatic rings. The summed E-state index contributed by atoms with van der Waals surface area (Å²) in [7, 11) is 0. The minimum absolute atomic E-state index is 0.575. The minimum atomic E-state index is 0.575. The van der Waals surface area contributed by atoms with Gasteiger partial charge in [0.25, 0.3) is 0 Å². The van der Waals surface area contributed by atoms with Crippen molar-refractivity contribution in [3.8, 4) is 11.4 Å². The fourth-order valence-electron chi connectivity index (χ4n) is 2.31. The largest absolute Gasteiger partial charge is 0.300 e. The van der Waals surface area contributed by atoms with E-state index in [1.807, 2.05) is 34.9 Å². The Hall–Kier alpha value is -1.62. The molecule has 0 atom stereocenters. The zero-order valence-corrected chi connectivity index (χ0v) is 13.9. The minimum Gasteiger partial charge on any atom is -0.300 e. The van der Waals surface area contributed by atoms with E-state index in [2.05, 4.69) is 22.3 Å². The van der Waals surface area contributed by atoms with E-state index < -0.39 is 0 Å². The standard InChI is InChI=1S/C16H13Cl2N3S/c17-13-8-12(9-14(18)10-13)15-19-20-16(22)21(15)7-6-11-4-2-1-3-5-11/h1-5,8-10H,6-7H2,(H,20,22). The second-order valence-electron chi connectivity index (χ2n) is 4.90.